The molecular formula is C12H16ClFN2O3. The molecule has 19 heavy (non-hydrogen) atoms. The predicted molar refractivity (Wildman–Crippen MR) is 70.1 cm³/mol. The summed E-state index contributed by atoms with van der Waals surface area (Å²) in [5.74, 6) is -0.953. The predicted octanol–water partition coefficient (Wildman–Crippen LogP) is 0.982. The second-order valence-corrected chi connectivity index (χ2v) is 4.59. The van der Waals surface area contributed by atoms with E-state index in [1.165, 1.54) is 13.0 Å². The van der Waals surface area contributed by atoms with Crippen LogP contribution in [0.2, 0.25) is 5.02 Å². The van der Waals surface area contributed by atoms with Crippen molar-refractivity contribution >= 4 is 23.2 Å². The van der Waals surface area contributed by atoms with Crippen molar-refractivity contribution in [2.45, 2.75) is 25.6 Å². The van der Waals surface area contributed by atoms with Gasteiger partial charge in [-0.15, -0.1) is 0 Å². The highest BCUT2D eigenvalue weighted by Crippen LogP contribution is 2.29. The third kappa shape index (κ3) is 4.34. The molecule has 0 saturated heterocycles. The molecule has 1 rings (SSSR count). The van der Waals surface area contributed by atoms with Gasteiger partial charge in [-0.05, 0) is 18.6 Å². The van der Waals surface area contributed by atoms with E-state index in [4.69, 9.17) is 17.3 Å². The molecule has 5 N–H and O–H groups in total. The van der Waals surface area contributed by atoms with Crippen molar-refractivity contribution in [3.63, 3.8) is 0 Å². The number of benzene rings is 1. The first kappa shape index (κ1) is 15.7. The molecule has 0 aromatic heterocycles. The number of carbonyl (C=O) groups excluding carboxylic acids is 1. The number of anilines is 1. The minimum absolute atomic E-state index is 0.0590. The Morgan fingerprint density at radius 2 is 2.16 bits per heavy atom. The van der Waals surface area contributed by atoms with E-state index in [1.54, 1.807) is 0 Å². The number of nitrogens with one attached hydrogen (secondary N) is 1. The van der Waals surface area contributed by atoms with Crippen molar-refractivity contribution in [1.29, 1.82) is 0 Å². The van der Waals surface area contributed by atoms with E-state index in [0.29, 0.717) is 0 Å². The van der Waals surface area contributed by atoms with Gasteiger partial charge in [-0.1, -0.05) is 11.6 Å². The van der Waals surface area contributed by atoms with Crippen LogP contribution in [0.5, 0.6) is 0 Å². The van der Waals surface area contributed by atoms with Crippen LogP contribution in [0.25, 0.3) is 0 Å². The van der Waals surface area contributed by atoms with Gasteiger partial charge in [0.2, 0.25) is 5.91 Å². The third-order valence-corrected chi connectivity index (χ3v) is 2.94. The van der Waals surface area contributed by atoms with E-state index in [2.05, 4.69) is 5.32 Å². The van der Waals surface area contributed by atoms with E-state index in [0.717, 1.165) is 6.07 Å². The van der Waals surface area contributed by atoms with Crippen molar-refractivity contribution < 1.29 is 19.4 Å². The molecule has 1 aromatic carbocycles. The Morgan fingerprint density at radius 1 is 1.53 bits per heavy atom. The molecule has 0 aliphatic rings. The zero-order valence-electron chi connectivity index (χ0n) is 10.4. The summed E-state index contributed by atoms with van der Waals surface area (Å²) in [5, 5.41) is 22.2. The second-order valence-electron chi connectivity index (χ2n) is 4.18. The Labute approximate surface area is 115 Å². The molecule has 2 unspecified atom stereocenters. The standard InChI is InChI=1S/C12H16ClFN2O3/c1-6(17)16-3-2-11(18)12(19)7-4-9(14)10(15)5-8(7)13/h4-5,11-12,18-19H,2-3,15H2,1H3,(H,16,17). The molecule has 2 atom stereocenters. The quantitative estimate of drug-likeness (QED) is 0.608. The van der Waals surface area contributed by atoms with Gasteiger partial charge < -0.3 is 21.3 Å². The molecule has 0 saturated carbocycles. The maximum absolute atomic E-state index is 13.3. The maximum Gasteiger partial charge on any atom is 0.216 e. The van der Waals surface area contributed by atoms with Gasteiger partial charge in [-0.2, -0.15) is 0 Å². The minimum atomic E-state index is -1.35. The first-order chi connectivity index (χ1) is 8.82. The van der Waals surface area contributed by atoms with Crippen LogP contribution in [0.4, 0.5) is 10.1 Å². The van der Waals surface area contributed by atoms with Gasteiger partial charge in [0.05, 0.1) is 11.8 Å². The van der Waals surface area contributed by atoms with Crippen molar-refractivity contribution in [3.8, 4) is 0 Å². The summed E-state index contributed by atoms with van der Waals surface area (Å²) in [7, 11) is 0. The van der Waals surface area contributed by atoms with E-state index in [-0.39, 0.29) is 35.1 Å². The van der Waals surface area contributed by atoms with Gasteiger partial charge in [0.25, 0.3) is 0 Å². The van der Waals surface area contributed by atoms with Crippen LogP contribution in [0.15, 0.2) is 12.1 Å². The van der Waals surface area contributed by atoms with Crippen molar-refractivity contribution in [2.75, 3.05) is 12.3 Å². The van der Waals surface area contributed by atoms with Crippen LogP contribution in [-0.4, -0.2) is 28.8 Å². The van der Waals surface area contributed by atoms with Gasteiger partial charge >= 0.3 is 0 Å². The summed E-state index contributed by atoms with van der Waals surface area (Å²) in [6.07, 6.45) is -2.41. The second kappa shape index (κ2) is 6.70. The fourth-order valence-electron chi connectivity index (χ4n) is 1.57. The molecule has 0 aliphatic carbocycles. The molecule has 1 amide bonds. The number of nitrogens with two attached hydrogens (primary N) is 1. The Morgan fingerprint density at radius 3 is 2.74 bits per heavy atom. The fraction of sp³-hybridized carbons (Fsp3) is 0.417. The van der Waals surface area contributed by atoms with Crippen LogP contribution in [-0.2, 0) is 4.79 Å². The van der Waals surface area contributed by atoms with Crippen molar-refractivity contribution in [3.05, 3.63) is 28.5 Å². The van der Waals surface area contributed by atoms with Gasteiger partial charge in [0, 0.05) is 24.1 Å². The molecule has 1 aromatic rings. The summed E-state index contributed by atoms with van der Waals surface area (Å²) in [6.45, 7) is 1.54. The molecule has 5 nitrogen and oxygen atoms in total. The summed E-state index contributed by atoms with van der Waals surface area (Å²) in [4.78, 5) is 10.7. The number of rotatable bonds is 5. The molecule has 0 heterocycles. The first-order valence-corrected chi connectivity index (χ1v) is 6.05. The highest BCUT2D eigenvalue weighted by molar-refractivity contribution is 6.31. The smallest absolute Gasteiger partial charge is 0.216 e. The van der Waals surface area contributed by atoms with Crippen LogP contribution < -0.4 is 11.1 Å². The van der Waals surface area contributed by atoms with Gasteiger partial charge in [0.15, 0.2) is 0 Å². The molecule has 7 heteroatoms. The summed E-state index contributed by atoms with van der Waals surface area (Å²) < 4.78 is 13.3. The summed E-state index contributed by atoms with van der Waals surface area (Å²) in [5.41, 5.74) is 5.26. The van der Waals surface area contributed by atoms with E-state index in [9.17, 15) is 19.4 Å². The van der Waals surface area contributed by atoms with Crippen LogP contribution in [0.1, 0.15) is 25.0 Å². The largest absolute Gasteiger partial charge is 0.396 e. The highest BCUT2D eigenvalue weighted by Gasteiger charge is 2.22. The van der Waals surface area contributed by atoms with E-state index >= 15 is 0 Å². The number of hydrogen-bond donors (Lipinski definition) is 4. The number of hydrogen-bond acceptors (Lipinski definition) is 4. The number of nitrogen functional groups attached to an aromatic ring is 1. The average molecular weight is 291 g/mol. The Bertz CT molecular complexity index is 471. The third-order valence-electron chi connectivity index (χ3n) is 2.61. The lowest BCUT2D eigenvalue weighted by atomic mass is 10.0. The van der Waals surface area contributed by atoms with Gasteiger partial charge in [0.1, 0.15) is 11.9 Å². The highest BCUT2D eigenvalue weighted by atomic mass is 35.5. The number of carbonyl (C=O) groups is 1. The first-order valence-electron chi connectivity index (χ1n) is 5.68. The molecular weight excluding hydrogens is 275 g/mol. The Balaban J connectivity index is 2.73. The molecule has 106 valence electrons. The van der Waals surface area contributed by atoms with Crippen LogP contribution in [0.3, 0.4) is 0 Å². The van der Waals surface area contributed by atoms with Gasteiger partial charge in [-0.3, -0.25) is 4.79 Å². The van der Waals surface area contributed by atoms with Crippen molar-refractivity contribution in [1.82, 2.24) is 5.32 Å². The maximum atomic E-state index is 13.3. The summed E-state index contributed by atoms with van der Waals surface area (Å²) in [6, 6.07) is 2.17. The minimum Gasteiger partial charge on any atom is -0.396 e. The normalized spacial score (nSPS) is 13.9. The van der Waals surface area contributed by atoms with E-state index < -0.39 is 18.0 Å². The number of aliphatic hydroxyl groups excluding tert-OH is 2. The Kier molecular flexibility index (Phi) is 5.53. The zero-order valence-corrected chi connectivity index (χ0v) is 11.1. The lowest BCUT2D eigenvalue weighted by molar-refractivity contribution is -0.119. The van der Waals surface area contributed by atoms with Crippen LogP contribution in [0, 0.1) is 5.82 Å². The molecule has 0 aliphatic heterocycles. The molecule has 0 bridgehead atoms. The topological polar surface area (TPSA) is 95.6 Å². The SMILES string of the molecule is CC(=O)NCCC(O)C(O)c1cc(F)c(N)cc1Cl. The number of halogens is 2. The summed E-state index contributed by atoms with van der Waals surface area (Å²) >= 11 is 5.84. The van der Waals surface area contributed by atoms with Crippen LogP contribution >= 0.6 is 11.6 Å². The monoisotopic (exact) mass is 290 g/mol. The Hall–Kier alpha value is -1.37. The lowest BCUT2D eigenvalue weighted by Crippen LogP contribution is -2.27. The number of aliphatic hydroxyl groups is 2. The molecule has 0 spiro atoms. The van der Waals surface area contributed by atoms with E-state index in [1.807, 2.05) is 0 Å². The van der Waals surface area contributed by atoms with Gasteiger partial charge in [-0.25, -0.2) is 4.39 Å². The van der Waals surface area contributed by atoms with Crippen molar-refractivity contribution in [2.24, 2.45) is 0 Å². The number of amides is 1. The lowest BCUT2D eigenvalue weighted by Gasteiger charge is -2.19. The average Bonchev–Trinajstić information content (AvgIpc) is 2.32. The zero-order chi connectivity index (χ0) is 14.6. The molecule has 0 fully saturated rings. The molecule has 0 radical (unpaired) electrons. The fourth-order valence-corrected chi connectivity index (χ4v) is 1.85.